The van der Waals surface area contributed by atoms with Gasteiger partial charge in [-0.25, -0.2) is 9.80 Å². The molecule has 2 heterocycles. The summed E-state index contributed by atoms with van der Waals surface area (Å²) in [6, 6.07) is 55.8. The lowest BCUT2D eigenvalue weighted by molar-refractivity contribution is -0.117. The van der Waals surface area contributed by atoms with Crippen molar-refractivity contribution in [3.05, 3.63) is 204 Å². The van der Waals surface area contributed by atoms with E-state index in [-0.39, 0.29) is 40.9 Å². The molecule has 0 atom stereocenters. The van der Waals surface area contributed by atoms with E-state index in [1.165, 1.54) is 9.80 Å². The zero-order chi connectivity index (χ0) is 58.5. The molecular formula is C73H56N2O10. The van der Waals surface area contributed by atoms with Crippen molar-refractivity contribution in [2.45, 2.75) is 58.3 Å². The molecule has 418 valence electrons. The number of anilines is 2. The van der Waals surface area contributed by atoms with Gasteiger partial charge in [-0.05, 0) is 204 Å². The second kappa shape index (κ2) is 22.4. The smallest absolute Gasteiger partial charge is 0.266 e. The van der Waals surface area contributed by atoms with Crippen LogP contribution in [-0.4, -0.2) is 59.1 Å². The van der Waals surface area contributed by atoms with E-state index in [0.29, 0.717) is 81.2 Å². The number of carbonyl (C=O) groups is 6. The van der Waals surface area contributed by atoms with Crippen LogP contribution in [0.3, 0.4) is 0 Å². The number of fused-ring (bicyclic) bond motifs is 20. The largest absolute Gasteiger partial charge is 0.508 e. The highest BCUT2D eigenvalue weighted by Crippen LogP contribution is 2.48. The molecule has 12 aromatic carbocycles. The molecule has 0 aliphatic carbocycles. The summed E-state index contributed by atoms with van der Waals surface area (Å²) >= 11 is 0. The van der Waals surface area contributed by atoms with Crippen molar-refractivity contribution in [3.8, 4) is 23.0 Å². The summed E-state index contributed by atoms with van der Waals surface area (Å²) in [6.07, 6.45) is 7.46. The van der Waals surface area contributed by atoms with Gasteiger partial charge in [-0.2, -0.15) is 0 Å². The molecule has 0 spiro atoms. The van der Waals surface area contributed by atoms with E-state index in [9.17, 15) is 39.0 Å². The number of rotatable bonds is 16. The summed E-state index contributed by atoms with van der Waals surface area (Å²) in [5.41, 5.74) is 2.67. The molecule has 85 heavy (non-hydrogen) atoms. The quantitative estimate of drug-likeness (QED) is 0.0411. The number of nitrogens with zero attached hydrogens (tertiary/aromatic N) is 2. The van der Waals surface area contributed by atoms with Crippen molar-refractivity contribution in [2.24, 2.45) is 0 Å². The maximum absolute atomic E-state index is 14.0. The number of unbranched alkanes of at least 4 members (excludes halogenated alkanes) is 5. The average molecular weight is 1120 g/mol. The Balaban J connectivity index is 0.000000158. The standard InChI is InChI=1S/C37H29NO5.C36H27NO5/c1-22(39)8-4-3-7-19-43-27-14-18-29-24(21-27)12-16-31-33(29)32-28-17-13-26(40)20-23(28)11-15-30(32)34-35(31)37(42)38(36(34)41)25-9-5-2-6-10-25;38-18-6-1-2-7-19-42-26-13-17-28-23(21-26)11-15-30-32(28)31-27-16-12-25(39)20-22(27)10-14-29(31)33-34(30)36(41)37(35(33)40)24-8-4-3-5-9-24/h2,5-6,9-18,20-21,40H,3-4,7-8,19H2,1H3;3-5,8-18,20-21,39H,1-2,6-7,19H2. The first-order chi connectivity index (χ1) is 41.5. The summed E-state index contributed by atoms with van der Waals surface area (Å²) in [5, 5.41) is 34.0. The highest BCUT2D eigenvalue weighted by Gasteiger charge is 2.42. The molecule has 0 saturated carbocycles. The van der Waals surface area contributed by atoms with Crippen molar-refractivity contribution in [1.82, 2.24) is 0 Å². The van der Waals surface area contributed by atoms with E-state index in [2.05, 4.69) is 0 Å². The molecule has 0 radical (unpaired) electrons. The van der Waals surface area contributed by atoms with Crippen LogP contribution < -0.4 is 19.3 Å². The van der Waals surface area contributed by atoms with Crippen LogP contribution in [0.25, 0.3) is 86.2 Å². The zero-order valence-corrected chi connectivity index (χ0v) is 46.5. The van der Waals surface area contributed by atoms with Crippen LogP contribution in [0, 0.1) is 0 Å². The lowest BCUT2D eigenvalue weighted by Crippen LogP contribution is -2.29. The van der Waals surface area contributed by atoms with Gasteiger partial charge in [0, 0.05) is 12.8 Å². The number of imide groups is 2. The fourth-order valence-corrected chi connectivity index (χ4v) is 12.6. The first-order valence-corrected chi connectivity index (χ1v) is 28.7. The number of para-hydroxylation sites is 2. The van der Waals surface area contributed by atoms with Gasteiger partial charge in [0.15, 0.2) is 0 Å². The molecule has 14 rings (SSSR count). The summed E-state index contributed by atoms with van der Waals surface area (Å²) in [7, 11) is 0. The number of phenolic OH excluding ortho intramolecular Hbond substituents is 2. The molecule has 0 fully saturated rings. The predicted octanol–water partition coefficient (Wildman–Crippen LogP) is 16.3. The van der Waals surface area contributed by atoms with Gasteiger partial charge in [-0.1, -0.05) is 109 Å². The number of Topliss-reactive ketones (excluding diaryl/α,β-unsaturated/α-hetero) is 1. The summed E-state index contributed by atoms with van der Waals surface area (Å²) < 4.78 is 12.1. The Labute approximate surface area is 488 Å². The second-order valence-corrected chi connectivity index (χ2v) is 21.8. The first-order valence-electron chi connectivity index (χ1n) is 28.7. The van der Waals surface area contributed by atoms with Crippen LogP contribution in [-0.2, 0) is 9.59 Å². The number of phenols is 2. The zero-order valence-electron chi connectivity index (χ0n) is 46.5. The van der Waals surface area contributed by atoms with Gasteiger partial charge in [-0.15, -0.1) is 0 Å². The third-order valence-corrected chi connectivity index (χ3v) is 16.4. The summed E-state index contributed by atoms with van der Waals surface area (Å²) in [6.45, 7) is 2.74. The number of hydrogen-bond donors (Lipinski definition) is 2. The second-order valence-electron chi connectivity index (χ2n) is 21.8. The van der Waals surface area contributed by atoms with E-state index in [0.717, 1.165) is 121 Å². The maximum atomic E-state index is 14.0. The lowest BCUT2D eigenvalue weighted by Gasteiger charge is -2.15. The molecule has 12 nitrogen and oxygen atoms in total. The summed E-state index contributed by atoms with van der Waals surface area (Å²) in [5.74, 6) is 0.661. The minimum atomic E-state index is -0.344. The van der Waals surface area contributed by atoms with Gasteiger partial charge in [0.2, 0.25) is 0 Å². The molecule has 4 amide bonds. The molecule has 2 aliphatic rings. The van der Waals surface area contributed by atoms with Gasteiger partial charge in [0.1, 0.15) is 35.1 Å². The van der Waals surface area contributed by atoms with E-state index in [4.69, 9.17) is 9.47 Å². The van der Waals surface area contributed by atoms with Gasteiger partial charge < -0.3 is 29.3 Å². The Morgan fingerprint density at radius 2 is 0.741 bits per heavy atom. The maximum Gasteiger partial charge on any atom is 0.266 e. The van der Waals surface area contributed by atoms with E-state index in [1.54, 1.807) is 55.5 Å². The Kier molecular flexibility index (Phi) is 14.2. The number of amides is 4. The third-order valence-electron chi connectivity index (χ3n) is 16.4. The number of carbonyl (C=O) groups excluding carboxylic acids is 6. The average Bonchev–Trinajstić information content (AvgIpc) is 1.73. The van der Waals surface area contributed by atoms with E-state index >= 15 is 0 Å². The molecule has 0 saturated heterocycles. The molecule has 0 unspecified atom stereocenters. The monoisotopic (exact) mass is 1120 g/mol. The summed E-state index contributed by atoms with van der Waals surface area (Å²) in [4.78, 5) is 80.3. The van der Waals surface area contributed by atoms with E-state index in [1.807, 2.05) is 133 Å². The van der Waals surface area contributed by atoms with E-state index < -0.39 is 0 Å². The van der Waals surface area contributed by atoms with Crippen LogP contribution in [0.5, 0.6) is 23.0 Å². The predicted molar refractivity (Wildman–Crippen MR) is 336 cm³/mol. The molecular weight excluding hydrogens is 1060 g/mol. The lowest BCUT2D eigenvalue weighted by atomic mass is 9.87. The normalized spacial score (nSPS) is 13.0. The van der Waals surface area contributed by atoms with Crippen LogP contribution in [0.15, 0.2) is 182 Å². The fourth-order valence-electron chi connectivity index (χ4n) is 12.6. The van der Waals surface area contributed by atoms with Crippen LogP contribution in [0.2, 0.25) is 0 Å². The van der Waals surface area contributed by atoms with Crippen molar-refractivity contribution in [2.75, 3.05) is 23.0 Å². The SMILES string of the molecule is CC(=O)CCCCCOc1ccc2c(ccc3c4c(c5ccc6cc(O)ccc6c5c32)C(=O)N(c2ccccc2)C4=O)c1.O=CCCCCCOc1ccc2c(ccc3c4c(c5ccc6cc(O)ccc6c5c32)C(=O)N(c2ccccc2)C4=O)c1. The Bertz CT molecular complexity index is 4790. The van der Waals surface area contributed by atoms with Gasteiger partial charge in [0.05, 0.1) is 46.8 Å². The van der Waals surface area contributed by atoms with Crippen LogP contribution >= 0.6 is 0 Å². The molecule has 0 bridgehead atoms. The topological polar surface area (TPSA) is 168 Å². The van der Waals surface area contributed by atoms with Crippen molar-refractivity contribution in [1.29, 1.82) is 0 Å². The number of benzene rings is 12. The minimum absolute atomic E-state index is 0.159. The van der Waals surface area contributed by atoms with Crippen LogP contribution in [0.1, 0.15) is 99.7 Å². The third kappa shape index (κ3) is 9.55. The Hall–Kier alpha value is -10.5. The molecule has 0 aromatic heterocycles. The number of aromatic hydroxyl groups is 2. The minimum Gasteiger partial charge on any atom is -0.508 e. The molecule has 12 aromatic rings. The molecule has 2 aliphatic heterocycles. The Morgan fingerprint density at radius 1 is 0.400 bits per heavy atom. The van der Waals surface area contributed by atoms with Gasteiger partial charge >= 0.3 is 0 Å². The van der Waals surface area contributed by atoms with Gasteiger partial charge in [-0.3, -0.25) is 19.2 Å². The Morgan fingerprint density at radius 3 is 1.11 bits per heavy atom. The van der Waals surface area contributed by atoms with Crippen molar-refractivity contribution < 1.29 is 48.5 Å². The fraction of sp³-hybridized carbons (Fsp3) is 0.151. The number of aldehydes is 1. The highest BCUT2D eigenvalue weighted by atomic mass is 16.5. The number of ether oxygens (including phenoxy) is 2. The van der Waals surface area contributed by atoms with Crippen LogP contribution in [0.4, 0.5) is 11.4 Å². The van der Waals surface area contributed by atoms with Crippen molar-refractivity contribution in [3.63, 3.8) is 0 Å². The highest BCUT2D eigenvalue weighted by molar-refractivity contribution is 6.46. The van der Waals surface area contributed by atoms with Gasteiger partial charge in [0.25, 0.3) is 23.6 Å². The first kappa shape index (κ1) is 53.8. The van der Waals surface area contributed by atoms with Crippen molar-refractivity contribution >= 4 is 133 Å². The number of ketones is 1. The molecule has 12 heteroatoms. The molecule has 2 N–H and O–H groups in total. The number of hydrogen-bond acceptors (Lipinski definition) is 10.